The minimum absolute atomic E-state index is 0.0970. The van der Waals surface area contributed by atoms with E-state index in [1.165, 1.54) is 18.2 Å². The molecule has 3 aromatic rings. The first-order chi connectivity index (χ1) is 15.8. The highest BCUT2D eigenvalue weighted by Crippen LogP contribution is 2.29. The van der Waals surface area contributed by atoms with Crippen LogP contribution in [0, 0.1) is 0 Å². The minimum Gasteiger partial charge on any atom is -0.545 e. The number of carbonyl (C=O) groups is 3. The maximum Gasteiger partial charge on any atom is 0.333 e. The number of anilines is 1. The number of halogens is 2. The average Bonchev–Trinajstić information content (AvgIpc) is 3.06. The Labute approximate surface area is 202 Å². The number of carbonyl (C=O) groups excluding carboxylic acids is 3. The highest BCUT2D eigenvalue weighted by atomic mass is 79.9. The molecule has 0 atom stereocenters. The molecule has 1 heterocycles. The standard InChI is InChI=1S/C24H16BrClN2O5/c25-19-10-15(6-9-21(19)33-13-14-4-7-16(8-5-14)23(30)31)11-20-22(29)28(24(32)27-20)18-3-1-2-17(26)12-18/h1-12H,13H2,(H,27,32)(H,30,31)/p-1/b20-11+. The summed E-state index contributed by atoms with van der Waals surface area (Å²) in [6.07, 6.45) is 1.57. The Bertz CT molecular complexity index is 1290. The highest BCUT2D eigenvalue weighted by Gasteiger charge is 2.34. The van der Waals surface area contributed by atoms with Gasteiger partial charge in [-0.15, -0.1) is 0 Å². The van der Waals surface area contributed by atoms with Crippen molar-refractivity contribution in [3.8, 4) is 5.75 Å². The largest absolute Gasteiger partial charge is 0.545 e. The molecule has 0 radical (unpaired) electrons. The zero-order valence-corrected chi connectivity index (χ0v) is 19.2. The number of carboxylic acids is 1. The molecule has 3 amide bonds. The van der Waals surface area contributed by atoms with Gasteiger partial charge in [0.2, 0.25) is 0 Å². The summed E-state index contributed by atoms with van der Waals surface area (Å²) in [6, 6.07) is 17.4. The van der Waals surface area contributed by atoms with Gasteiger partial charge in [0.1, 0.15) is 18.1 Å². The van der Waals surface area contributed by atoms with E-state index in [0.29, 0.717) is 26.5 Å². The van der Waals surface area contributed by atoms with Crippen LogP contribution in [0.15, 0.2) is 76.9 Å². The van der Waals surface area contributed by atoms with Crippen LogP contribution in [-0.4, -0.2) is 17.9 Å². The van der Waals surface area contributed by atoms with Gasteiger partial charge in [-0.25, -0.2) is 9.69 Å². The zero-order chi connectivity index (χ0) is 23.5. The van der Waals surface area contributed by atoms with E-state index in [4.69, 9.17) is 16.3 Å². The summed E-state index contributed by atoms with van der Waals surface area (Å²) in [5.74, 6) is -1.16. The number of rotatable bonds is 6. The van der Waals surface area contributed by atoms with Crippen LogP contribution in [0.3, 0.4) is 0 Å². The Morgan fingerprint density at radius 1 is 1.09 bits per heavy atom. The van der Waals surface area contributed by atoms with Crippen LogP contribution in [0.5, 0.6) is 5.75 Å². The summed E-state index contributed by atoms with van der Waals surface area (Å²) in [6.45, 7) is 0.232. The molecule has 33 heavy (non-hydrogen) atoms. The van der Waals surface area contributed by atoms with Crippen molar-refractivity contribution < 1.29 is 24.2 Å². The average molecular weight is 527 g/mol. The fourth-order valence-corrected chi connectivity index (χ4v) is 3.87. The quantitative estimate of drug-likeness (QED) is 0.384. The molecule has 1 saturated heterocycles. The zero-order valence-electron chi connectivity index (χ0n) is 16.9. The Kier molecular flexibility index (Phi) is 6.48. The molecular formula is C24H15BrClN2O5-. The highest BCUT2D eigenvalue weighted by molar-refractivity contribution is 9.10. The summed E-state index contributed by atoms with van der Waals surface area (Å²) in [4.78, 5) is 37.0. The number of imide groups is 1. The third kappa shape index (κ3) is 5.08. The van der Waals surface area contributed by atoms with Gasteiger partial charge in [-0.3, -0.25) is 4.79 Å². The van der Waals surface area contributed by atoms with E-state index in [2.05, 4.69) is 21.2 Å². The smallest absolute Gasteiger partial charge is 0.333 e. The molecule has 0 aliphatic carbocycles. The number of hydrogen-bond acceptors (Lipinski definition) is 5. The topological polar surface area (TPSA) is 98.8 Å². The number of ether oxygens (including phenoxy) is 1. The van der Waals surface area contributed by atoms with Crippen molar-refractivity contribution in [1.82, 2.24) is 5.32 Å². The SMILES string of the molecule is O=C([O-])c1ccc(COc2ccc(/C=C3/NC(=O)N(c4cccc(Cl)c4)C3=O)cc2Br)cc1. The van der Waals surface area contributed by atoms with E-state index >= 15 is 0 Å². The van der Waals surface area contributed by atoms with Gasteiger partial charge in [0.05, 0.1) is 16.1 Å². The molecule has 1 N–H and O–H groups in total. The molecular weight excluding hydrogens is 512 g/mol. The van der Waals surface area contributed by atoms with Crippen LogP contribution in [0.2, 0.25) is 5.02 Å². The van der Waals surface area contributed by atoms with Gasteiger partial charge in [-0.1, -0.05) is 48.0 Å². The van der Waals surface area contributed by atoms with Crippen molar-refractivity contribution >= 4 is 57.2 Å². The minimum atomic E-state index is -1.23. The lowest BCUT2D eigenvalue weighted by Crippen LogP contribution is -2.30. The molecule has 3 aromatic carbocycles. The van der Waals surface area contributed by atoms with Crippen molar-refractivity contribution in [2.45, 2.75) is 6.61 Å². The molecule has 0 spiro atoms. The van der Waals surface area contributed by atoms with Crippen LogP contribution in [-0.2, 0) is 11.4 Å². The van der Waals surface area contributed by atoms with E-state index in [9.17, 15) is 19.5 Å². The fourth-order valence-electron chi connectivity index (χ4n) is 3.17. The normalized spacial score (nSPS) is 14.5. The van der Waals surface area contributed by atoms with Crippen molar-refractivity contribution in [1.29, 1.82) is 0 Å². The molecule has 1 aliphatic heterocycles. The van der Waals surface area contributed by atoms with Crippen molar-refractivity contribution in [2.24, 2.45) is 0 Å². The molecule has 0 bridgehead atoms. The first kappa shape index (κ1) is 22.6. The molecule has 0 aromatic heterocycles. The second kappa shape index (κ2) is 9.48. The maximum atomic E-state index is 12.8. The summed E-state index contributed by atoms with van der Waals surface area (Å²) in [5, 5.41) is 13.8. The van der Waals surface area contributed by atoms with Crippen molar-refractivity contribution in [2.75, 3.05) is 4.90 Å². The summed E-state index contributed by atoms with van der Waals surface area (Å²) in [5.41, 5.74) is 2.07. The van der Waals surface area contributed by atoms with Crippen LogP contribution < -0.4 is 20.1 Å². The van der Waals surface area contributed by atoms with E-state index in [-0.39, 0.29) is 17.9 Å². The number of carboxylic acid groups (broad SMARTS) is 1. The van der Waals surface area contributed by atoms with Crippen LogP contribution in [0.4, 0.5) is 10.5 Å². The number of nitrogens with zero attached hydrogens (tertiary/aromatic N) is 1. The fraction of sp³-hybridized carbons (Fsp3) is 0.0417. The predicted octanol–water partition coefficient (Wildman–Crippen LogP) is 4.14. The molecule has 4 rings (SSSR count). The first-order valence-electron chi connectivity index (χ1n) is 9.67. The molecule has 9 heteroatoms. The molecule has 1 fully saturated rings. The molecule has 1 aliphatic rings. The van der Waals surface area contributed by atoms with Crippen LogP contribution >= 0.6 is 27.5 Å². The third-order valence-corrected chi connectivity index (χ3v) is 5.65. The summed E-state index contributed by atoms with van der Waals surface area (Å²) in [7, 11) is 0. The molecule has 166 valence electrons. The van der Waals surface area contributed by atoms with Gasteiger partial charge in [-0.05, 0) is 69.0 Å². The number of urea groups is 1. The first-order valence-corrected chi connectivity index (χ1v) is 10.8. The lowest BCUT2D eigenvalue weighted by molar-refractivity contribution is -0.255. The lowest BCUT2D eigenvalue weighted by atomic mass is 10.1. The Morgan fingerprint density at radius 3 is 2.52 bits per heavy atom. The molecule has 0 saturated carbocycles. The Balaban J connectivity index is 1.47. The third-order valence-electron chi connectivity index (χ3n) is 4.80. The van der Waals surface area contributed by atoms with E-state index in [1.54, 1.807) is 54.6 Å². The molecule has 0 unspecified atom stereocenters. The van der Waals surface area contributed by atoms with Gasteiger partial charge in [-0.2, -0.15) is 0 Å². The van der Waals surface area contributed by atoms with Gasteiger partial charge in [0.15, 0.2) is 0 Å². The summed E-state index contributed by atoms with van der Waals surface area (Å²) >= 11 is 9.42. The van der Waals surface area contributed by atoms with Gasteiger partial charge < -0.3 is 20.0 Å². The Hall–Kier alpha value is -3.62. The van der Waals surface area contributed by atoms with E-state index < -0.39 is 17.9 Å². The van der Waals surface area contributed by atoms with Crippen molar-refractivity contribution in [3.05, 3.63) is 98.6 Å². The molecule has 7 nitrogen and oxygen atoms in total. The van der Waals surface area contributed by atoms with Crippen molar-refractivity contribution in [3.63, 3.8) is 0 Å². The second-order valence-corrected chi connectivity index (χ2v) is 8.36. The van der Waals surface area contributed by atoms with Gasteiger partial charge in [0, 0.05) is 5.02 Å². The van der Waals surface area contributed by atoms with Crippen LogP contribution in [0.25, 0.3) is 6.08 Å². The van der Waals surface area contributed by atoms with Crippen LogP contribution in [0.1, 0.15) is 21.5 Å². The van der Waals surface area contributed by atoms with Gasteiger partial charge >= 0.3 is 6.03 Å². The number of amides is 3. The van der Waals surface area contributed by atoms with E-state index in [0.717, 1.165) is 10.5 Å². The van der Waals surface area contributed by atoms with Gasteiger partial charge in [0.25, 0.3) is 5.91 Å². The number of hydrogen-bond donors (Lipinski definition) is 1. The monoisotopic (exact) mass is 525 g/mol. The van der Waals surface area contributed by atoms with E-state index in [1.807, 2.05) is 0 Å². The predicted molar refractivity (Wildman–Crippen MR) is 125 cm³/mol. The lowest BCUT2D eigenvalue weighted by Gasteiger charge is -2.11. The number of benzene rings is 3. The maximum absolute atomic E-state index is 12.8. The Morgan fingerprint density at radius 2 is 1.85 bits per heavy atom. The number of nitrogens with one attached hydrogen (secondary N) is 1. The second-order valence-electron chi connectivity index (χ2n) is 7.07. The number of aromatic carboxylic acids is 1. The summed E-state index contributed by atoms with van der Waals surface area (Å²) < 4.78 is 6.43.